The van der Waals surface area contributed by atoms with Gasteiger partial charge in [-0.15, -0.1) is 0 Å². The number of hydrogen-bond donors (Lipinski definition) is 1. The van der Waals surface area contributed by atoms with Crippen LogP contribution in [-0.4, -0.2) is 18.2 Å². The van der Waals surface area contributed by atoms with Gasteiger partial charge in [0, 0.05) is 12.2 Å². The number of anilines is 1. The van der Waals surface area contributed by atoms with Gasteiger partial charge in [-0.2, -0.15) is 5.10 Å². The van der Waals surface area contributed by atoms with E-state index in [1.807, 2.05) is 31.2 Å². The van der Waals surface area contributed by atoms with E-state index in [1.165, 1.54) is 5.56 Å². The molecule has 0 unspecified atom stereocenters. The maximum atomic E-state index is 12.7. The van der Waals surface area contributed by atoms with E-state index in [1.54, 1.807) is 18.5 Å². The molecule has 0 aliphatic heterocycles. The molecule has 5 nitrogen and oxygen atoms in total. The molecule has 0 atom stereocenters. The number of rotatable bonds is 7. The topological polar surface area (TPSA) is 64.0 Å². The standard InChI is InChI=1S/C17H25N3O2S/c1-5-7-8-15-9-11-16(12-10-15)19-23(21,22)17-13(3)18-20(6-2)14(17)4/h9-12,19H,5-8H2,1-4H3. The summed E-state index contributed by atoms with van der Waals surface area (Å²) in [5.74, 6) is 0. The van der Waals surface area contributed by atoms with Crippen LogP contribution in [0.5, 0.6) is 0 Å². The van der Waals surface area contributed by atoms with Crippen molar-refractivity contribution in [3.8, 4) is 0 Å². The normalized spacial score (nSPS) is 11.7. The van der Waals surface area contributed by atoms with Gasteiger partial charge in [0.05, 0.1) is 11.4 Å². The van der Waals surface area contributed by atoms with Crippen LogP contribution in [0.3, 0.4) is 0 Å². The molecule has 0 aliphatic carbocycles. The summed E-state index contributed by atoms with van der Waals surface area (Å²) in [7, 11) is -3.63. The molecular formula is C17H25N3O2S. The number of benzene rings is 1. The summed E-state index contributed by atoms with van der Waals surface area (Å²) in [4.78, 5) is 0.273. The van der Waals surface area contributed by atoms with E-state index >= 15 is 0 Å². The fourth-order valence-corrected chi connectivity index (χ4v) is 4.18. The molecule has 1 aromatic heterocycles. The molecule has 1 N–H and O–H groups in total. The molecule has 0 bridgehead atoms. The Kier molecular flexibility index (Phi) is 5.46. The van der Waals surface area contributed by atoms with Crippen molar-refractivity contribution in [1.29, 1.82) is 0 Å². The van der Waals surface area contributed by atoms with Crippen molar-refractivity contribution in [2.45, 2.75) is 58.4 Å². The quantitative estimate of drug-likeness (QED) is 0.840. The van der Waals surface area contributed by atoms with Gasteiger partial charge in [-0.05, 0) is 51.3 Å². The Hall–Kier alpha value is -1.82. The van der Waals surface area contributed by atoms with Crippen molar-refractivity contribution in [2.75, 3.05) is 4.72 Å². The van der Waals surface area contributed by atoms with Gasteiger partial charge in [0.25, 0.3) is 10.0 Å². The number of sulfonamides is 1. The van der Waals surface area contributed by atoms with Crippen LogP contribution < -0.4 is 4.72 Å². The number of nitrogens with zero attached hydrogens (tertiary/aromatic N) is 2. The second-order valence-electron chi connectivity index (χ2n) is 5.72. The molecule has 1 heterocycles. The molecule has 0 radical (unpaired) electrons. The number of unbranched alkanes of at least 4 members (excludes halogenated alkanes) is 1. The third-order valence-electron chi connectivity index (χ3n) is 3.91. The SMILES string of the molecule is CCCCc1ccc(NS(=O)(=O)c2c(C)nn(CC)c2C)cc1. The summed E-state index contributed by atoms with van der Waals surface area (Å²) in [6.45, 7) is 8.25. The van der Waals surface area contributed by atoms with E-state index in [2.05, 4.69) is 16.7 Å². The Morgan fingerprint density at radius 2 is 1.78 bits per heavy atom. The average molecular weight is 335 g/mol. The summed E-state index contributed by atoms with van der Waals surface area (Å²) in [5, 5.41) is 4.28. The first-order chi connectivity index (χ1) is 10.9. The van der Waals surface area contributed by atoms with Crippen LogP contribution >= 0.6 is 0 Å². The number of aryl methyl sites for hydroxylation is 3. The van der Waals surface area contributed by atoms with Crippen molar-refractivity contribution < 1.29 is 8.42 Å². The largest absolute Gasteiger partial charge is 0.280 e. The Labute approximate surface area is 138 Å². The Morgan fingerprint density at radius 1 is 1.13 bits per heavy atom. The number of aromatic nitrogens is 2. The van der Waals surface area contributed by atoms with Gasteiger partial charge < -0.3 is 0 Å². The predicted molar refractivity (Wildman–Crippen MR) is 93.2 cm³/mol. The summed E-state index contributed by atoms with van der Waals surface area (Å²) in [5.41, 5.74) is 2.99. The van der Waals surface area contributed by atoms with Crippen molar-refractivity contribution in [2.24, 2.45) is 0 Å². The lowest BCUT2D eigenvalue weighted by Crippen LogP contribution is -2.15. The molecule has 2 rings (SSSR count). The summed E-state index contributed by atoms with van der Waals surface area (Å²) in [6, 6.07) is 7.58. The van der Waals surface area contributed by atoms with Crippen molar-refractivity contribution in [3.63, 3.8) is 0 Å². The maximum absolute atomic E-state index is 12.7. The molecule has 6 heteroatoms. The first-order valence-electron chi connectivity index (χ1n) is 8.04. The van der Waals surface area contributed by atoms with Crippen LogP contribution in [0, 0.1) is 13.8 Å². The molecule has 0 amide bonds. The molecular weight excluding hydrogens is 310 g/mol. The first kappa shape index (κ1) is 17.5. The highest BCUT2D eigenvalue weighted by atomic mass is 32.2. The first-order valence-corrected chi connectivity index (χ1v) is 9.53. The molecule has 23 heavy (non-hydrogen) atoms. The smallest absolute Gasteiger partial charge is 0.265 e. The van der Waals surface area contributed by atoms with Gasteiger partial charge in [0.2, 0.25) is 0 Å². The second kappa shape index (κ2) is 7.17. The van der Waals surface area contributed by atoms with Crippen molar-refractivity contribution in [3.05, 3.63) is 41.2 Å². The highest BCUT2D eigenvalue weighted by Gasteiger charge is 2.24. The number of nitrogens with one attached hydrogen (secondary N) is 1. The Morgan fingerprint density at radius 3 is 2.30 bits per heavy atom. The van der Waals surface area contributed by atoms with E-state index < -0.39 is 10.0 Å². The molecule has 0 saturated heterocycles. The van der Waals surface area contributed by atoms with Crippen LogP contribution in [0.1, 0.15) is 43.6 Å². The number of hydrogen-bond acceptors (Lipinski definition) is 3. The summed E-state index contributed by atoms with van der Waals surface area (Å²) < 4.78 is 29.7. The summed E-state index contributed by atoms with van der Waals surface area (Å²) in [6.07, 6.45) is 3.30. The molecule has 0 saturated carbocycles. The van der Waals surface area contributed by atoms with Crippen LogP contribution in [0.2, 0.25) is 0 Å². The predicted octanol–water partition coefficient (Wildman–Crippen LogP) is 3.66. The molecule has 0 spiro atoms. The van der Waals surface area contributed by atoms with E-state index in [0.29, 0.717) is 23.6 Å². The van der Waals surface area contributed by atoms with Gasteiger partial charge in [0.15, 0.2) is 0 Å². The highest BCUT2D eigenvalue weighted by Crippen LogP contribution is 2.23. The fourth-order valence-electron chi connectivity index (χ4n) is 2.70. The monoisotopic (exact) mass is 335 g/mol. The minimum Gasteiger partial charge on any atom is -0.280 e. The third-order valence-corrected chi connectivity index (χ3v) is 5.54. The van der Waals surface area contributed by atoms with Crippen molar-refractivity contribution >= 4 is 15.7 Å². The van der Waals surface area contributed by atoms with Crippen LogP contribution in [0.4, 0.5) is 5.69 Å². The van der Waals surface area contributed by atoms with E-state index in [-0.39, 0.29) is 4.90 Å². The molecule has 0 fully saturated rings. The third kappa shape index (κ3) is 3.93. The van der Waals surface area contributed by atoms with Gasteiger partial charge >= 0.3 is 0 Å². The van der Waals surface area contributed by atoms with E-state index in [4.69, 9.17) is 0 Å². The highest BCUT2D eigenvalue weighted by molar-refractivity contribution is 7.92. The fraction of sp³-hybridized carbons (Fsp3) is 0.471. The minimum atomic E-state index is -3.63. The lowest BCUT2D eigenvalue weighted by Gasteiger charge is -2.09. The lowest BCUT2D eigenvalue weighted by molar-refractivity contribution is 0.598. The minimum absolute atomic E-state index is 0.273. The summed E-state index contributed by atoms with van der Waals surface area (Å²) >= 11 is 0. The maximum Gasteiger partial charge on any atom is 0.265 e. The van der Waals surface area contributed by atoms with Gasteiger partial charge in [-0.25, -0.2) is 8.42 Å². The zero-order valence-electron chi connectivity index (χ0n) is 14.3. The van der Waals surface area contributed by atoms with E-state index in [0.717, 1.165) is 19.3 Å². The lowest BCUT2D eigenvalue weighted by atomic mass is 10.1. The molecule has 126 valence electrons. The van der Waals surface area contributed by atoms with Crippen LogP contribution in [-0.2, 0) is 23.0 Å². The zero-order chi connectivity index (χ0) is 17.0. The molecule has 1 aromatic carbocycles. The second-order valence-corrected chi connectivity index (χ2v) is 7.34. The van der Waals surface area contributed by atoms with Gasteiger partial charge in [-0.1, -0.05) is 25.5 Å². The van der Waals surface area contributed by atoms with Crippen LogP contribution in [0.15, 0.2) is 29.2 Å². The van der Waals surface area contributed by atoms with Crippen molar-refractivity contribution in [1.82, 2.24) is 9.78 Å². The molecule has 0 aliphatic rings. The Bertz CT molecular complexity index is 762. The van der Waals surface area contributed by atoms with Crippen LogP contribution in [0.25, 0.3) is 0 Å². The zero-order valence-corrected chi connectivity index (χ0v) is 15.1. The van der Waals surface area contributed by atoms with Gasteiger partial charge in [0.1, 0.15) is 4.90 Å². The van der Waals surface area contributed by atoms with E-state index in [9.17, 15) is 8.42 Å². The average Bonchev–Trinajstić information content (AvgIpc) is 2.81. The molecule has 2 aromatic rings. The van der Waals surface area contributed by atoms with Gasteiger partial charge in [-0.3, -0.25) is 9.40 Å². The Balaban J connectivity index is 2.23.